The fraction of sp³-hybridized carbons (Fsp3) is 0.364. The zero-order valence-corrected chi connectivity index (χ0v) is 9.73. The molecule has 1 aromatic heterocycles. The third kappa shape index (κ3) is 3.75. The number of carbonyl (C=O) groups is 2. The molecule has 0 aliphatic rings. The molecule has 1 aromatic rings. The van der Waals surface area contributed by atoms with Crippen LogP contribution in [-0.4, -0.2) is 28.1 Å². The molecule has 1 heterocycles. The fourth-order valence-electron chi connectivity index (χ4n) is 1.16. The van der Waals surface area contributed by atoms with Gasteiger partial charge >= 0.3 is 12.0 Å². The summed E-state index contributed by atoms with van der Waals surface area (Å²) >= 11 is 0. The summed E-state index contributed by atoms with van der Waals surface area (Å²) in [7, 11) is 0. The number of hydrogen-bond acceptors (Lipinski definition) is 3. The average Bonchev–Trinajstić information content (AvgIpc) is 2.29. The number of hydrogen-bond donors (Lipinski definition) is 3. The first kappa shape index (κ1) is 13.0. The number of aromatic carboxylic acids is 1. The summed E-state index contributed by atoms with van der Waals surface area (Å²) in [4.78, 5) is 26.0. The van der Waals surface area contributed by atoms with E-state index in [0.29, 0.717) is 0 Å². The van der Waals surface area contributed by atoms with Crippen LogP contribution in [0.3, 0.4) is 0 Å². The molecule has 2 amide bonds. The van der Waals surface area contributed by atoms with Gasteiger partial charge in [0.2, 0.25) is 0 Å². The number of carbonyl (C=O) groups excluding carboxylic acids is 1. The van der Waals surface area contributed by atoms with Gasteiger partial charge in [-0.1, -0.05) is 6.92 Å². The molecular formula is C11H15N3O3. The number of aromatic nitrogens is 1. The van der Waals surface area contributed by atoms with Crippen LogP contribution in [0, 0.1) is 0 Å². The molecule has 0 spiro atoms. The molecule has 1 unspecified atom stereocenters. The maximum atomic E-state index is 11.5. The van der Waals surface area contributed by atoms with Gasteiger partial charge in [-0.05, 0) is 25.5 Å². The first-order chi connectivity index (χ1) is 8.04. The molecule has 0 aromatic carbocycles. The van der Waals surface area contributed by atoms with Crippen molar-refractivity contribution in [1.29, 1.82) is 0 Å². The van der Waals surface area contributed by atoms with E-state index in [2.05, 4.69) is 15.6 Å². The summed E-state index contributed by atoms with van der Waals surface area (Å²) in [5.41, 5.74) is 0.00704. The van der Waals surface area contributed by atoms with Crippen molar-refractivity contribution in [2.75, 3.05) is 5.32 Å². The summed E-state index contributed by atoms with van der Waals surface area (Å²) in [6.45, 7) is 3.80. The lowest BCUT2D eigenvalue weighted by Crippen LogP contribution is -2.36. The maximum absolute atomic E-state index is 11.5. The number of carboxylic acid groups (broad SMARTS) is 1. The fourth-order valence-corrected chi connectivity index (χ4v) is 1.16. The van der Waals surface area contributed by atoms with Crippen LogP contribution < -0.4 is 10.6 Å². The van der Waals surface area contributed by atoms with Crippen LogP contribution in [-0.2, 0) is 0 Å². The topological polar surface area (TPSA) is 91.3 Å². The number of pyridine rings is 1. The molecule has 1 rings (SSSR count). The van der Waals surface area contributed by atoms with Crippen LogP contribution in [0.4, 0.5) is 10.5 Å². The Morgan fingerprint density at radius 2 is 2.24 bits per heavy atom. The smallest absolute Gasteiger partial charge is 0.356 e. The zero-order chi connectivity index (χ0) is 12.8. The second-order valence-electron chi connectivity index (χ2n) is 3.61. The predicted octanol–water partition coefficient (Wildman–Crippen LogP) is 1.70. The highest BCUT2D eigenvalue weighted by Crippen LogP contribution is 2.11. The standard InChI is InChI=1S/C11H15N3O3/c1-3-7(2)13-11(17)14-8-5-4-6-12-9(8)10(15)16/h4-7H,3H2,1-2H3,(H,15,16)(H2,13,14,17). The van der Waals surface area contributed by atoms with E-state index < -0.39 is 12.0 Å². The minimum Gasteiger partial charge on any atom is -0.476 e. The van der Waals surface area contributed by atoms with Gasteiger partial charge in [0.05, 0.1) is 5.69 Å². The van der Waals surface area contributed by atoms with Gasteiger partial charge in [0.25, 0.3) is 0 Å². The Balaban J connectivity index is 2.74. The van der Waals surface area contributed by atoms with E-state index in [1.165, 1.54) is 12.3 Å². The van der Waals surface area contributed by atoms with Crippen LogP contribution >= 0.6 is 0 Å². The molecule has 3 N–H and O–H groups in total. The molecule has 0 aliphatic carbocycles. The number of urea groups is 1. The molecule has 92 valence electrons. The molecule has 0 saturated heterocycles. The first-order valence-corrected chi connectivity index (χ1v) is 5.30. The Labute approximate surface area is 99.1 Å². The summed E-state index contributed by atoms with van der Waals surface area (Å²) < 4.78 is 0. The second kappa shape index (κ2) is 5.83. The first-order valence-electron chi connectivity index (χ1n) is 5.30. The van der Waals surface area contributed by atoms with Crippen molar-refractivity contribution < 1.29 is 14.7 Å². The van der Waals surface area contributed by atoms with Gasteiger partial charge in [0, 0.05) is 12.2 Å². The molecule has 6 heteroatoms. The Bertz CT molecular complexity index is 420. The Hall–Kier alpha value is -2.11. The minimum absolute atomic E-state index is 0.0277. The van der Waals surface area contributed by atoms with Gasteiger partial charge in [-0.3, -0.25) is 0 Å². The van der Waals surface area contributed by atoms with E-state index in [0.717, 1.165) is 6.42 Å². The summed E-state index contributed by atoms with van der Waals surface area (Å²) in [6, 6.07) is 2.65. The van der Waals surface area contributed by atoms with Gasteiger partial charge < -0.3 is 15.7 Å². The van der Waals surface area contributed by atoms with Crippen LogP contribution in [0.1, 0.15) is 30.8 Å². The quantitative estimate of drug-likeness (QED) is 0.743. The van der Waals surface area contributed by atoms with Crippen molar-refractivity contribution in [3.8, 4) is 0 Å². The van der Waals surface area contributed by atoms with Gasteiger partial charge in [0.15, 0.2) is 5.69 Å². The average molecular weight is 237 g/mol. The van der Waals surface area contributed by atoms with Gasteiger partial charge in [-0.15, -0.1) is 0 Å². The predicted molar refractivity (Wildman–Crippen MR) is 63.1 cm³/mol. The van der Waals surface area contributed by atoms with E-state index in [9.17, 15) is 9.59 Å². The molecule has 0 saturated carbocycles. The molecule has 0 bridgehead atoms. The van der Waals surface area contributed by atoms with E-state index in [1.807, 2.05) is 13.8 Å². The Morgan fingerprint density at radius 3 is 2.82 bits per heavy atom. The lowest BCUT2D eigenvalue weighted by atomic mass is 10.2. The van der Waals surface area contributed by atoms with E-state index in [4.69, 9.17) is 5.11 Å². The lowest BCUT2D eigenvalue weighted by molar-refractivity contribution is 0.0692. The zero-order valence-electron chi connectivity index (χ0n) is 9.73. The highest BCUT2D eigenvalue weighted by atomic mass is 16.4. The van der Waals surface area contributed by atoms with Crippen molar-refractivity contribution in [3.05, 3.63) is 24.0 Å². The van der Waals surface area contributed by atoms with Crippen LogP contribution in [0.25, 0.3) is 0 Å². The molecule has 17 heavy (non-hydrogen) atoms. The molecule has 0 fully saturated rings. The van der Waals surface area contributed by atoms with Crippen LogP contribution in [0.2, 0.25) is 0 Å². The Kier molecular flexibility index (Phi) is 4.45. The molecular weight excluding hydrogens is 222 g/mol. The van der Waals surface area contributed by atoms with Gasteiger partial charge in [-0.25, -0.2) is 14.6 Å². The summed E-state index contributed by atoms with van der Waals surface area (Å²) in [5.74, 6) is -1.18. The number of amides is 2. The number of carboxylic acids is 1. The minimum atomic E-state index is -1.18. The van der Waals surface area contributed by atoms with Gasteiger partial charge in [-0.2, -0.15) is 0 Å². The van der Waals surface area contributed by atoms with Crippen LogP contribution in [0.5, 0.6) is 0 Å². The lowest BCUT2D eigenvalue weighted by Gasteiger charge is -2.13. The third-order valence-electron chi connectivity index (χ3n) is 2.25. The van der Waals surface area contributed by atoms with E-state index in [1.54, 1.807) is 6.07 Å². The van der Waals surface area contributed by atoms with Gasteiger partial charge in [0.1, 0.15) is 0 Å². The molecule has 6 nitrogen and oxygen atoms in total. The third-order valence-corrected chi connectivity index (χ3v) is 2.25. The van der Waals surface area contributed by atoms with E-state index >= 15 is 0 Å². The molecule has 1 atom stereocenters. The van der Waals surface area contributed by atoms with Crippen molar-refractivity contribution in [3.63, 3.8) is 0 Å². The SMILES string of the molecule is CCC(C)NC(=O)Nc1cccnc1C(=O)O. The largest absolute Gasteiger partial charge is 0.476 e. The monoisotopic (exact) mass is 237 g/mol. The number of rotatable bonds is 4. The van der Waals surface area contributed by atoms with Crippen molar-refractivity contribution in [2.24, 2.45) is 0 Å². The second-order valence-corrected chi connectivity index (χ2v) is 3.61. The highest BCUT2D eigenvalue weighted by Gasteiger charge is 2.13. The Morgan fingerprint density at radius 1 is 1.53 bits per heavy atom. The maximum Gasteiger partial charge on any atom is 0.356 e. The highest BCUT2D eigenvalue weighted by molar-refractivity contribution is 5.98. The number of nitrogens with zero attached hydrogens (tertiary/aromatic N) is 1. The normalized spacial score (nSPS) is 11.6. The van der Waals surface area contributed by atoms with E-state index in [-0.39, 0.29) is 17.4 Å². The van der Waals surface area contributed by atoms with Crippen molar-refractivity contribution >= 4 is 17.7 Å². The summed E-state index contributed by atoms with van der Waals surface area (Å²) in [6.07, 6.45) is 2.16. The molecule has 0 radical (unpaired) electrons. The summed E-state index contributed by atoms with van der Waals surface area (Å²) in [5, 5.41) is 14.0. The van der Waals surface area contributed by atoms with Crippen molar-refractivity contribution in [2.45, 2.75) is 26.3 Å². The number of anilines is 1. The van der Waals surface area contributed by atoms with Crippen LogP contribution in [0.15, 0.2) is 18.3 Å². The number of nitrogens with one attached hydrogen (secondary N) is 2. The molecule has 0 aliphatic heterocycles. The van der Waals surface area contributed by atoms with Crippen molar-refractivity contribution in [1.82, 2.24) is 10.3 Å².